The van der Waals surface area contributed by atoms with Crippen LogP contribution in [0.1, 0.15) is 24.0 Å². The summed E-state index contributed by atoms with van der Waals surface area (Å²) in [6.07, 6.45) is 10.7. The van der Waals surface area contributed by atoms with Crippen LogP contribution >= 0.6 is 0 Å². The Morgan fingerprint density at radius 3 is 2.75 bits per heavy atom. The van der Waals surface area contributed by atoms with Crippen LogP contribution in [0, 0.1) is 0 Å². The van der Waals surface area contributed by atoms with Crippen LogP contribution in [0.2, 0.25) is 0 Å². The minimum absolute atomic E-state index is 1.04. The fourth-order valence-electron chi connectivity index (χ4n) is 3.11. The molecule has 0 saturated carbocycles. The maximum atomic E-state index is 4.53. The molecular weight excluding hydrogens is 244 g/mol. The van der Waals surface area contributed by atoms with Crippen molar-refractivity contribution in [2.75, 3.05) is 0 Å². The molecule has 2 nitrogen and oxygen atoms in total. The molecule has 0 fully saturated rings. The lowest BCUT2D eigenvalue weighted by atomic mass is 9.89. The summed E-state index contributed by atoms with van der Waals surface area (Å²) in [6, 6.07) is 10.9. The van der Waals surface area contributed by atoms with E-state index in [0.29, 0.717) is 0 Å². The topological polar surface area (TPSA) is 25.8 Å². The van der Waals surface area contributed by atoms with Gasteiger partial charge in [0.15, 0.2) is 0 Å². The number of hydrogen-bond acceptors (Lipinski definition) is 2. The molecule has 0 amide bonds. The lowest BCUT2D eigenvalue weighted by Gasteiger charge is -2.17. The standard InChI is InChI=1S/C18H16N2/c1-2-5-14-10-15(8-7-13(14)4-1)17-12-19-11-16-6-3-9-20-18(16)17/h3,6-12H,1-2,4-5H2. The van der Waals surface area contributed by atoms with Crippen LogP contribution in [-0.4, -0.2) is 9.97 Å². The van der Waals surface area contributed by atoms with Crippen molar-refractivity contribution in [3.05, 3.63) is 60.0 Å². The molecule has 0 unspecified atom stereocenters. The molecule has 2 aromatic heterocycles. The highest BCUT2D eigenvalue weighted by Gasteiger charge is 2.12. The third-order valence-corrected chi connectivity index (χ3v) is 4.17. The van der Waals surface area contributed by atoms with E-state index in [-0.39, 0.29) is 0 Å². The average molecular weight is 260 g/mol. The van der Waals surface area contributed by atoms with Crippen LogP contribution in [0.5, 0.6) is 0 Å². The van der Waals surface area contributed by atoms with Gasteiger partial charge in [-0.1, -0.05) is 18.2 Å². The maximum Gasteiger partial charge on any atom is 0.0811 e. The van der Waals surface area contributed by atoms with Crippen LogP contribution in [0.15, 0.2) is 48.9 Å². The summed E-state index contributed by atoms with van der Waals surface area (Å²) in [4.78, 5) is 8.89. The molecule has 0 radical (unpaired) electrons. The highest BCUT2D eigenvalue weighted by molar-refractivity contribution is 5.92. The van der Waals surface area contributed by atoms with Gasteiger partial charge in [-0.3, -0.25) is 9.97 Å². The highest BCUT2D eigenvalue weighted by atomic mass is 14.7. The Hall–Kier alpha value is -2.22. The van der Waals surface area contributed by atoms with E-state index in [1.807, 2.05) is 24.7 Å². The SMILES string of the molecule is c1cnc2c(-c3ccc4c(c3)CCCC4)cncc2c1. The largest absolute Gasteiger partial charge is 0.263 e. The number of nitrogens with zero attached hydrogens (tertiary/aromatic N) is 2. The molecule has 98 valence electrons. The molecule has 1 aliphatic rings. The Morgan fingerprint density at radius 1 is 0.900 bits per heavy atom. The summed E-state index contributed by atoms with van der Waals surface area (Å²) in [5, 5.41) is 1.10. The van der Waals surface area contributed by atoms with Gasteiger partial charge in [0.25, 0.3) is 0 Å². The Kier molecular flexibility index (Phi) is 2.73. The van der Waals surface area contributed by atoms with Crippen molar-refractivity contribution in [2.45, 2.75) is 25.7 Å². The van der Waals surface area contributed by atoms with Crippen molar-refractivity contribution in [1.82, 2.24) is 9.97 Å². The van der Waals surface area contributed by atoms with Crippen molar-refractivity contribution in [3.63, 3.8) is 0 Å². The van der Waals surface area contributed by atoms with E-state index in [2.05, 4.69) is 34.2 Å². The first-order valence-corrected chi connectivity index (χ1v) is 7.23. The zero-order valence-corrected chi connectivity index (χ0v) is 11.3. The number of pyridine rings is 2. The van der Waals surface area contributed by atoms with E-state index in [1.54, 1.807) is 0 Å². The molecule has 1 aliphatic carbocycles. The summed E-state index contributed by atoms with van der Waals surface area (Å²) in [6.45, 7) is 0. The van der Waals surface area contributed by atoms with Gasteiger partial charge in [-0.05, 0) is 54.5 Å². The Balaban J connectivity index is 1.91. The van der Waals surface area contributed by atoms with Gasteiger partial charge in [0.1, 0.15) is 0 Å². The minimum atomic E-state index is 1.04. The molecule has 0 aliphatic heterocycles. The van der Waals surface area contributed by atoms with Gasteiger partial charge in [-0.15, -0.1) is 0 Å². The van der Waals surface area contributed by atoms with Crippen molar-refractivity contribution in [1.29, 1.82) is 0 Å². The number of hydrogen-bond donors (Lipinski definition) is 0. The summed E-state index contributed by atoms with van der Waals surface area (Å²) in [5.41, 5.74) is 6.43. The zero-order chi connectivity index (χ0) is 13.4. The van der Waals surface area contributed by atoms with Crippen LogP contribution in [-0.2, 0) is 12.8 Å². The third-order valence-electron chi connectivity index (χ3n) is 4.17. The van der Waals surface area contributed by atoms with Crippen molar-refractivity contribution >= 4 is 10.9 Å². The third kappa shape index (κ3) is 1.88. The van der Waals surface area contributed by atoms with Crippen molar-refractivity contribution in [2.24, 2.45) is 0 Å². The molecule has 0 N–H and O–H groups in total. The van der Waals surface area contributed by atoms with Gasteiger partial charge in [0, 0.05) is 29.5 Å². The summed E-state index contributed by atoms with van der Waals surface area (Å²) in [7, 11) is 0. The smallest absolute Gasteiger partial charge is 0.0811 e. The number of benzene rings is 1. The summed E-state index contributed by atoms with van der Waals surface area (Å²) < 4.78 is 0. The molecule has 4 rings (SSSR count). The van der Waals surface area contributed by atoms with E-state index < -0.39 is 0 Å². The summed E-state index contributed by atoms with van der Waals surface area (Å²) >= 11 is 0. The van der Waals surface area contributed by atoms with Crippen LogP contribution in [0.4, 0.5) is 0 Å². The molecule has 3 aromatic rings. The van der Waals surface area contributed by atoms with E-state index in [9.17, 15) is 0 Å². The quantitative estimate of drug-likeness (QED) is 0.656. The monoisotopic (exact) mass is 260 g/mol. The van der Waals surface area contributed by atoms with Crippen LogP contribution < -0.4 is 0 Å². The van der Waals surface area contributed by atoms with E-state index >= 15 is 0 Å². The second kappa shape index (κ2) is 4.71. The normalized spacial score (nSPS) is 14.2. The Labute approximate surface area is 118 Å². The van der Waals surface area contributed by atoms with E-state index in [4.69, 9.17) is 0 Å². The van der Waals surface area contributed by atoms with Gasteiger partial charge in [0.2, 0.25) is 0 Å². The second-order valence-corrected chi connectivity index (χ2v) is 5.45. The molecule has 2 heteroatoms. The fraction of sp³-hybridized carbons (Fsp3) is 0.222. The first-order valence-electron chi connectivity index (χ1n) is 7.23. The lowest BCUT2D eigenvalue weighted by molar-refractivity contribution is 0.686. The molecule has 20 heavy (non-hydrogen) atoms. The molecule has 1 aromatic carbocycles. The predicted molar refractivity (Wildman–Crippen MR) is 81.6 cm³/mol. The predicted octanol–water partition coefficient (Wildman–Crippen LogP) is 4.18. The first kappa shape index (κ1) is 11.6. The number of rotatable bonds is 1. The van der Waals surface area contributed by atoms with Gasteiger partial charge >= 0.3 is 0 Å². The minimum Gasteiger partial charge on any atom is -0.263 e. The number of aromatic nitrogens is 2. The van der Waals surface area contributed by atoms with Crippen molar-refractivity contribution < 1.29 is 0 Å². The van der Waals surface area contributed by atoms with Gasteiger partial charge in [0.05, 0.1) is 5.52 Å². The second-order valence-electron chi connectivity index (χ2n) is 5.45. The Bertz CT molecular complexity index is 772. The molecule has 0 bridgehead atoms. The first-order chi connectivity index (χ1) is 9.92. The van der Waals surface area contributed by atoms with E-state index in [0.717, 1.165) is 16.5 Å². The molecule has 0 spiro atoms. The highest BCUT2D eigenvalue weighted by Crippen LogP contribution is 2.30. The van der Waals surface area contributed by atoms with Crippen molar-refractivity contribution in [3.8, 4) is 11.1 Å². The Morgan fingerprint density at radius 2 is 1.80 bits per heavy atom. The zero-order valence-electron chi connectivity index (χ0n) is 11.3. The maximum absolute atomic E-state index is 4.53. The average Bonchev–Trinajstić information content (AvgIpc) is 2.54. The number of fused-ring (bicyclic) bond motifs is 2. The fourth-order valence-corrected chi connectivity index (χ4v) is 3.11. The molecule has 2 heterocycles. The van der Waals surface area contributed by atoms with Crippen LogP contribution in [0.3, 0.4) is 0 Å². The molecular formula is C18H16N2. The number of aryl methyl sites for hydroxylation is 2. The van der Waals surface area contributed by atoms with Gasteiger partial charge < -0.3 is 0 Å². The molecule has 0 saturated heterocycles. The van der Waals surface area contributed by atoms with Crippen LogP contribution in [0.25, 0.3) is 22.0 Å². The van der Waals surface area contributed by atoms with E-state index in [1.165, 1.54) is 42.4 Å². The van der Waals surface area contributed by atoms with Gasteiger partial charge in [-0.25, -0.2) is 0 Å². The molecule has 0 atom stereocenters. The van der Waals surface area contributed by atoms with Gasteiger partial charge in [-0.2, -0.15) is 0 Å². The summed E-state index contributed by atoms with van der Waals surface area (Å²) in [5.74, 6) is 0. The lowest BCUT2D eigenvalue weighted by Crippen LogP contribution is -2.02.